The van der Waals surface area contributed by atoms with Gasteiger partial charge < -0.3 is 11.1 Å². The highest BCUT2D eigenvalue weighted by Gasteiger charge is 2.10. The maximum atomic E-state index is 13.2. The number of nitrogen functional groups attached to an aromatic ring is 1. The van der Waals surface area contributed by atoms with E-state index < -0.39 is 5.82 Å². The topological polar surface area (TPSA) is 38.0 Å². The first-order chi connectivity index (χ1) is 7.40. The van der Waals surface area contributed by atoms with Gasteiger partial charge in [0.1, 0.15) is 5.82 Å². The van der Waals surface area contributed by atoms with Gasteiger partial charge in [0.05, 0.1) is 16.4 Å². The molecule has 0 saturated carbocycles. The van der Waals surface area contributed by atoms with E-state index in [1.807, 2.05) is 6.92 Å². The third-order valence-corrected chi connectivity index (χ3v) is 2.61. The Morgan fingerprint density at radius 1 is 1.38 bits per heavy atom. The first-order valence-corrected chi connectivity index (χ1v) is 5.79. The highest BCUT2D eigenvalue weighted by Crippen LogP contribution is 2.27. The molecular formula is C12H18ClFN2. The Labute approximate surface area is 101 Å². The number of anilines is 2. The molecule has 2 nitrogen and oxygen atoms in total. The maximum absolute atomic E-state index is 13.2. The molecule has 0 saturated heterocycles. The standard InChI is InChI=1S/C12H18ClFN2/c1-7(2)4-8(3)16-12-6-10(14)9(13)5-11(12)15/h5-8,16H,4,15H2,1-3H3. The average molecular weight is 245 g/mol. The molecule has 4 heteroatoms. The van der Waals surface area contributed by atoms with Crippen molar-refractivity contribution in [2.45, 2.75) is 33.2 Å². The lowest BCUT2D eigenvalue weighted by Crippen LogP contribution is -2.18. The van der Waals surface area contributed by atoms with E-state index in [9.17, 15) is 4.39 Å². The second kappa shape index (κ2) is 5.39. The molecule has 1 rings (SSSR count). The summed E-state index contributed by atoms with van der Waals surface area (Å²) in [6, 6.07) is 3.03. The zero-order valence-corrected chi connectivity index (χ0v) is 10.6. The molecule has 0 radical (unpaired) electrons. The number of halogens is 2. The van der Waals surface area contributed by atoms with Gasteiger partial charge in [0, 0.05) is 12.1 Å². The predicted molar refractivity (Wildman–Crippen MR) is 68.4 cm³/mol. The van der Waals surface area contributed by atoms with Gasteiger partial charge in [0.15, 0.2) is 0 Å². The van der Waals surface area contributed by atoms with Crippen LogP contribution >= 0.6 is 11.6 Å². The third-order valence-electron chi connectivity index (χ3n) is 2.32. The van der Waals surface area contributed by atoms with E-state index in [4.69, 9.17) is 17.3 Å². The van der Waals surface area contributed by atoms with Crippen LogP contribution in [0.5, 0.6) is 0 Å². The average Bonchev–Trinajstić information content (AvgIpc) is 2.12. The summed E-state index contributed by atoms with van der Waals surface area (Å²) in [4.78, 5) is 0. The SMILES string of the molecule is CC(C)CC(C)Nc1cc(F)c(Cl)cc1N. The molecule has 0 aliphatic heterocycles. The van der Waals surface area contributed by atoms with E-state index in [-0.39, 0.29) is 11.1 Å². The Kier molecular flexibility index (Phi) is 4.42. The van der Waals surface area contributed by atoms with Crippen molar-refractivity contribution < 1.29 is 4.39 Å². The van der Waals surface area contributed by atoms with Gasteiger partial charge in [-0.1, -0.05) is 25.4 Å². The Bertz CT molecular complexity index is 366. The molecule has 1 unspecified atom stereocenters. The molecule has 1 atom stereocenters. The Morgan fingerprint density at radius 2 is 2.00 bits per heavy atom. The fourth-order valence-corrected chi connectivity index (χ4v) is 1.89. The minimum atomic E-state index is -0.449. The van der Waals surface area contributed by atoms with Crippen LogP contribution in [0.3, 0.4) is 0 Å². The Morgan fingerprint density at radius 3 is 2.56 bits per heavy atom. The molecule has 0 amide bonds. The van der Waals surface area contributed by atoms with Crippen LogP contribution in [0.4, 0.5) is 15.8 Å². The summed E-state index contributed by atoms with van der Waals surface area (Å²) in [7, 11) is 0. The van der Waals surface area contributed by atoms with Crippen LogP contribution in [-0.2, 0) is 0 Å². The van der Waals surface area contributed by atoms with Crippen LogP contribution in [0, 0.1) is 11.7 Å². The normalized spacial score (nSPS) is 12.9. The molecular weight excluding hydrogens is 227 g/mol. The van der Waals surface area contributed by atoms with E-state index in [1.165, 1.54) is 12.1 Å². The zero-order chi connectivity index (χ0) is 12.3. The van der Waals surface area contributed by atoms with Gasteiger partial charge in [-0.05, 0) is 25.3 Å². The molecule has 0 spiro atoms. The fraction of sp³-hybridized carbons (Fsp3) is 0.500. The van der Waals surface area contributed by atoms with Gasteiger partial charge in [-0.3, -0.25) is 0 Å². The second-order valence-electron chi connectivity index (χ2n) is 4.53. The van der Waals surface area contributed by atoms with Crippen LogP contribution in [0.15, 0.2) is 12.1 Å². The summed E-state index contributed by atoms with van der Waals surface area (Å²) in [6.45, 7) is 6.33. The molecule has 0 bridgehead atoms. The smallest absolute Gasteiger partial charge is 0.143 e. The summed E-state index contributed by atoms with van der Waals surface area (Å²) in [6.07, 6.45) is 1.00. The molecule has 0 aromatic heterocycles. The molecule has 1 aromatic rings. The van der Waals surface area contributed by atoms with Crippen LogP contribution in [0.25, 0.3) is 0 Å². The Hall–Kier alpha value is -0.960. The van der Waals surface area contributed by atoms with Crippen molar-refractivity contribution in [2.75, 3.05) is 11.1 Å². The van der Waals surface area contributed by atoms with Gasteiger partial charge in [-0.2, -0.15) is 0 Å². The third kappa shape index (κ3) is 3.56. The van der Waals surface area contributed by atoms with Crippen LogP contribution in [-0.4, -0.2) is 6.04 Å². The zero-order valence-electron chi connectivity index (χ0n) is 9.85. The van der Waals surface area contributed by atoms with Crippen molar-refractivity contribution in [3.63, 3.8) is 0 Å². The minimum Gasteiger partial charge on any atom is -0.397 e. The van der Waals surface area contributed by atoms with Crippen molar-refractivity contribution in [1.82, 2.24) is 0 Å². The van der Waals surface area contributed by atoms with E-state index >= 15 is 0 Å². The molecule has 0 aliphatic rings. The van der Waals surface area contributed by atoms with E-state index in [1.54, 1.807) is 0 Å². The van der Waals surface area contributed by atoms with Gasteiger partial charge in [-0.15, -0.1) is 0 Å². The lowest BCUT2D eigenvalue weighted by Gasteiger charge is -2.18. The van der Waals surface area contributed by atoms with Crippen molar-refractivity contribution in [1.29, 1.82) is 0 Å². The van der Waals surface area contributed by atoms with Gasteiger partial charge in [-0.25, -0.2) is 4.39 Å². The molecule has 90 valence electrons. The monoisotopic (exact) mass is 244 g/mol. The van der Waals surface area contributed by atoms with Crippen molar-refractivity contribution in [3.05, 3.63) is 23.0 Å². The summed E-state index contributed by atoms with van der Waals surface area (Å²) in [5.74, 6) is 0.135. The summed E-state index contributed by atoms with van der Waals surface area (Å²) in [5, 5.41) is 3.24. The van der Waals surface area contributed by atoms with E-state index in [2.05, 4.69) is 19.2 Å². The van der Waals surface area contributed by atoms with Crippen molar-refractivity contribution in [3.8, 4) is 0 Å². The van der Waals surface area contributed by atoms with Crippen LogP contribution in [0.1, 0.15) is 27.2 Å². The maximum Gasteiger partial charge on any atom is 0.143 e. The van der Waals surface area contributed by atoms with Crippen molar-refractivity contribution >= 4 is 23.0 Å². The predicted octanol–water partition coefficient (Wildman–Crippen LogP) is 3.91. The highest BCUT2D eigenvalue weighted by atomic mass is 35.5. The number of nitrogens with one attached hydrogen (secondary N) is 1. The Balaban J connectivity index is 2.77. The molecule has 16 heavy (non-hydrogen) atoms. The molecule has 0 fully saturated rings. The first kappa shape index (κ1) is 13.1. The number of benzene rings is 1. The molecule has 3 N–H and O–H groups in total. The first-order valence-electron chi connectivity index (χ1n) is 5.41. The van der Waals surface area contributed by atoms with Gasteiger partial charge in [0.25, 0.3) is 0 Å². The summed E-state index contributed by atoms with van der Waals surface area (Å²) < 4.78 is 13.2. The summed E-state index contributed by atoms with van der Waals surface area (Å²) >= 11 is 5.62. The largest absolute Gasteiger partial charge is 0.397 e. The number of hydrogen-bond acceptors (Lipinski definition) is 2. The number of rotatable bonds is 4. The molecule has 0 heterocycles. The van der Waals surface area contributed by atoms with E-state index in [0.29, 0.717) is 17.3 Å². The van der Waals surface area contributed by atoms with Gasteiger partial charge in [0.2, 0.25) is 0 Å². The molecule has 0 aliphatic carbocycles. The fourth-order valence-electron chi connectivity index (χ4n) is 1.72. The van der Waals surface area contributed by atoms with Crippen LogP contribution in [0.2, 0.25) is 5.02 Å². The second-order valence-corrected chi connectivity index (χ2v) is 4.94. The highest BCUT2D eigenvalue weighted by molar-refractivity contribution is 6.31. The van der Waals surface area contributed by atoms with E-state index in [0.717, 1.165) is 6.42 Å². The quantitative estimate of drug-likeness (QED) is 0.789. The number of hydrogen-bond donors (Lipinski definition) is 2. The van der Waals surface area contributed by atoms with Gasteiger partial charge >= 0.3 is 0 Å². The number of nitrogens with two attached hydrogens (primary N) is 1. The molecule has 1 aromatic carbocycles. The lowest BCUT2D eigenvalue weighted by molar-refractivity contribution is 0.539. The van der Waals surface area contributed by atoms with Crippen LogP contribution < -0.4 is 11.1 Å². The lowest BCUT2D eigenvalue weighted by atomic mass is 10.0. The van der Waals surface area contributed by atoms with Crippen molar-refractivity contribution in [2.24, 2.45) is 5.92 Å². The summed E-state index contributed by atoms with van der Waals surface area (Å²) in [5.41, 5.74) is 6.84. The minimum absolute atomic E-state index is 0.0552.